The maximum absolute atomic E-state index is 3.27. The summed E-state index contributed by atoms with van der Waals surface area (Å²) < 4.78 is 0. The lowest BCUT2D eigenvalue weighted by Crippen LogP contribution is -2.16. The van der Waals surface area contributed by atoms with E-state index >= 15 is 0 Å². The van der Waals surface area contributed by atoms with E-state index in [-0.39, 0.29) is 0 Å². The minimum absolute atomic E-state index is 0.435. The van der Waals surface area contributed by atoms with Crippen LogP contribution in [0, 0.1) is 6.07 Å². The average Bonchev–Trinajstić information content (AvgIpc) is 2.27. The zero-order valence-electron chi connectivity index (χ0n) is 9.49. The molecule has 0 saturated heterocycles. The van der Waals surface area contributed by atoms with Gasteiger partial charge in [-0.25, -0.2) is 0 Å². The lowest BCUT2D eigenvalue weighted by atomic mass is 9.99. The van der Waals surface area contributed by atoms with Gasteiger partial charge in [-0.05, 0) is 43.4 Å². The second kappa shape index (κ2) is 4.03. The van der Waals surface area contributed by atoms with Crippen LogP contribution in [0.5, 0.6) is 0 Å². The Morgan fingerprint density at radius 3 is 2.60 bits per heavy atom. The highest BCUT2D eigenvalue weighted by atomic mass is 15.1. The van der Waals surface area contributed by atoms with Gasteiger partial charge < -0.3 is 4.90 Å². The summed E-state index contributed by atoms with van der Waals surface area (Å²) in [6, 6.07) is 16.3. The van der Waals surface area contributed by atoms with Crippen molar-refractivity contribution < 1.29 is 0 Å². The van der Waals surface area contributed by atoms with Crippen molar-refractivity contribution in [2.24, 2.45) is 0 Å². The summed E-state index contributed by atoms with van der Waals surface area (Å²) in [5.74, 6) is 0. The summed E-state index contributed by atoms with van der Waals surface area (Å²) in [5, 5.41) is 2.50. The van der Waals surface area contributed by atoms with Gasteiger partial charge in [-0.2, -0.15) is 0 Å². The fraction of sp³-hybridized carbons (Fsp3) is 0.286. The van der Waals surface area contributed by atoms with Gasteiger partial charge in [0.15, 0.2) is 0 Å². The van der Waals surface area contributed by atoms with Crippen LogP contribution in [0.2, 0.25) is 0 Å². The molecule has 0 amide bonds. The quantitative estimate of drug-likeness (QED) is 0.716. The molecule has 0 aliphatic rings. The van der Waals surface area contributed by atoms with Crippen LogP contribution in [0.25, 0.3) is 10.8 Å². The molecule has 0 saturated carbocycles. The summed E-state index contributed by atoms with van der Waals surface area (Å²) >= 11 is 0. The van der Waals surface area contributed by atoms with E-state index < -0.39 is 0 Å². The number of hydrogen-bond acceptors (Lipinski definition) is 1. The molecular formula is C14H16N. The van der Waals surface area contributed by atoms with Gasteiger partial charge in [-0.1, -0.05) is 36.4 Å². The molecule has 2 rings (SSSR count). The summed E-state index contributed by atoms with van der Waals surface area (Å²) in [6.45, 7) is 2.22. The standard InChI is InChI=1S/C14H16N/c1-11(15(2)3)13-10-6-8-12-7-4-5-9-14(12)13/h4-7,9-11H,1-3H3. The van der Waals surface area contributed by atoms with E-state index in [0.29, 0.717) is 6.04 Å². The SMILES string of the molecule is CC(c1cc[c]c2ccccc12)N(C)C. The van der Waals surface area contributed by atoms with Crippen LogP contribution in [0.3, 0.4) is 0 Å². The minimum atomic E-state index is 0.435. The van der Waals surface area contributed by atoms with Gasteiger partial charge >= 0.3 is 0 Å². The van der Waals surface area contributed by atoms with E-state index in [0.717, 1.165) is 0 Å². The highest BCUT2D eigenvalue weighted by Crippen LogP contribution is 2.25. The van der Waals surface area contributed by atoms with Crippen molar-refractivity contribution in [3.63, 3.8) is 0 Å². The topological polar surface area (TPSA) is 3.24 Å². The lowest BCUT2D eigenvalue weighted by molar-refractivity contribution is 0.323. The van der Waals surface area contributed by atoms with Gasteiger partial charge in [-0.15, -0.1) is 0 Å². The molecule has 77 valence electrons. The maximum atomic E-state index is 3.27. The van der Waals surface area contributed by atoms with E-state index in [1.807, 2.05) is 6.07 Å². The van der Waals surface area contributed by atoms with Crippen LogP contribution in [0.15, 0.2) is 36.4 Å². The largest absolute Gasteiger partial charge is 0.303 e. The van der Waals surface area contributed by atoms with Crippen LogP contribution in [-0.4, -0.2) is 19.0 Å². The normalized spacial score (nSPS) is 13.3. The fourth-order valence-corrected chi connectivity index (χ4v) is 1.81. The first kappa shape index (κ1) is 10.2. The summed E-state index contributed by atoms with van der Waals surface area (Å²) in [7, 11) is 4.21. The van der Waals surface area contributed by atoms with Gasteiger partial charge in [-0.3, -0.25) is 0 Å². The zero-order valence-corrected chi connectivity index (χ0v) is 9.49. The van der Waals surface area contributed by atoms with Crippen LogP contribution in [0.1, 0.15) is 18.5 Å². The molecular weight excluding hydrogens is 182 g/mol. The first-order chi connectivity index (χ1) is 7.20. The van der Waals surface area contributed by atoms with E-state index in [1.165, 1.54) is 16.3 Å². The number of benzene rings is 2. The Balaban J connectivity index is 2.60. The Bertz CT molecular complexity index is 454. The third-order valence-corrected chi connectivity index (χ3v) is 2.96. The fourth-order valence-electron chi connectivity index (χ4n) is 1.81. The number of rotatable bonds is 2. The molecule has 0 aromatic heterocycles. The Labute approximate surface area is 91.3 Å². The lowest BCUT2D eigenvalue weighted by Gasteiger charge is -2.21. The van der Waals surface area contributed by atoms with Crippen molar-refractivity contribution in [2.45, 2.75) is 13.0 Å². The monoisotopic (exact) mass is 198 g/mol. The molecule has 0 fully saturated rings. The highest BCUT2D eigenvalue weighted by molar-refractivity contribution is 5.85. The van der Waals surface area contributed by atoms with Crippen molar-refractivity contribution in [3.8, 4) is 0 Å². The first-order valence-electron chi connectivity index (χ1n) is 5.26. The molecule has 1 nitrogen and oxygen atoms in total. The van der Waals surface area contributed by atoms with Gasteiger partial charge in [0.1, 0.15) is 0 Å². The van der Waals surface area contributed by atoms with Crippen molar-refractivity contribution in [1.82, 2.24) is 4.90 Å². The molecule has 2 aromatic carbocycles. The first-order valence-corrected chi connectivity index (χ1v) is 5.26. The molecule has 0 aliphatic carbocycles. The third kappa shape index (κ3) is 1.88. The molecule has 0 spiro atoms. The number of nitrogens with zero attached hydrogens (tertiary/aromatic N) is 1. The molecule has 1 atom stereocenters. The summed E-state index contributed by atoms with van der Waals surface area (Å²) in [5.41, 5.74) is 1.37. The second-order valence-corrected chi connectivity index (χ2v) is 4.12. The molecule has 0 heterocycles. The van der Waals surface area contributed by atoms with Crippen LogP contribution in [-0.2, 0) is 0 Å². The molecule has 0 bridgehead atoms. The molecule has 1 heteroatoms. The van der Waals surface area contributed by atoms with Crippen LogP contribution >= 0.6 is 0 Å². The minimum Gasteiger partial charge on any atom is -0.303 e. The average molecular weight is 198 g/mol. The predicted molar refractivity (Wildman–Crippen MR) is 64.9 cm³/mol. The molecule has 1 unspecified atom stereocenters. The van der Waals surface area contributed by atoms with Gasteiger partial charge in [0, 0.05) is 6.04 Å². The van der Waals surface area contributed by atoms with Crippen LogP contribution in [0.4, 0.5) is 0 Å². The Hall–Kier alpha value is -1.34. The van der Waals surface area contributed by atoms with E-state index in [9.17, 15) is 0 Å². The molecule has 2 aromatic rings. The second-order valence-electron chi connectivity index (χ2n) is 4.12. The molecule has 15 heavy (non-hydrogen) atoms. The van der Waals surface area contributed by atoms with Crippen LogP contribution < -0.4 is 0 Å². The smallest absolute Gasteiger partial charge is 0.0319 e. The third-order valence-electron chi connectivity index (χ3n) is 2.96. The summed E-state index contributed by atoms with van der Waals surface area (Å²) in [6.07, 6.45) is 0. The molecule has 0 N–H and O–H groups in total. The van der Waals surface area contributed by atoms with E-state index in [1.54, 1.807) is 0 Å². The number of fused-ring (bicyclic) bond motifs is 1. The number of hydrogen-bond donors (Lipinski definition) is 0. The Morgan fingerprint density at radius 1 is 1.13 bits per heavy atom. The molecule has 1 radical (unpaired) electrons. The van der Waals surface area contributed by atoms with Gasteiger partial charge in [0.25, 0.3) is 0 Å². The van der Waals surface area contributed by atoms with Crippen molar-refractivity contribution in [2.75, 3.05) is 14.1 Å². The molecule has 0 aliphatic heterocycles. The van der Waals surface area contributed by atoms with E-state index in [4.69, 9.17) is 0 Å². The van der Waals surface area contributed by atoms with Gasteiger partial charge in [0.05, 0.1) is 0 Å². The van der Waals surface area contributed by atoms with E-state index in [2.05, 4.69) is 62.3 Å². The Kier molecular flexibility index (Phi) is 2.74. The summed E-state index contributed by atoms with van der Waals surface area (Å²) in [4.78, 5) is 2.22. The predicted octanol–water partition coefficient (Wildman–Crippen LogP) is 3.26. The van der Waals surface area contributed by atoms with Crippen molar-refractivity contribution in [3.05, 3.63) is 48.0 Å². The zero-order chi connectivity index (χ0) is 10.8. The van der Waals surface area contributed by atoms with Crippen molar-refractivity contribution in [1.29, 1.82) is 0 Å². The van der Waals surface area contributed by atoms with Gasteiger partial charge in [0.2, 0.25) is 0 Å². The maximum Gasteiger partial charge on any atom is 0.0319 e. The van der Waals surface area contributed by atoms with Crippen molar-refractivity contribution >= 4 is 10.8 Å². The Morgan fingerprint density at radius 2 is 1.87 bits per heavy atom. The highest BCUT2D eigenvalue weighted by Gasteiger charge is 2.10.